The average Bonchev–Trinajstić information content (AvgIpc) is 3.05. The number of aromatic nitrogens is 2. The number of benzene rings is 2. The highest BCUT2D eigenvalue weighted by Crippen LogP contribution is 2.20. The van der Waals surface area contributed by atoms with Crippen LogP contribution in [0.1, 0.15) is 10.4 Å². The molecule has 0 atom stereocenters. The van der Waals surface area contributed by atoms with Gasteiger partial charge in [0, 0.05) is 28.2 Å². The van der Waals surface area contributed by atoms with Crippen LogP contribution in [0.3, 0.4) is 0 Å². The summed E-state index contributed by atoms with van der Waals surface area (Å²) in [5.41, 5.74) is 1.81. The molecular weight excluding hydrogens is 349 g/mol. The lowest BCUT2D eigenvalue weighted by Gasteiger charge is -2.08. The molecule has 0 aliphatic rings. The number of rotatable bonds is 3. The number of carbonyl (C=O) groups excluding carboxylic acids is 1. The Hall–Kier alpha value is -2.47. The molecule has 3 rings (SSSR count). The summed E-state index contributed by atoms with van der Waals surface area (Å²) in [5, 5.41) is 2.74. The first-order chi connectivity index (χ1) is 10.6. The molecule has 3 aromatic rings. The lowest BCUT2D eigenvalue weighted by Crippen LogP contribution is -2.12. The van der Waals surface area contributed by atoms with Gasteiger partial charge in [-0.3, -0.25) is 4.79 Å². The summed E-state index contributed by atoms with van der Waals surface area (Å²) in [6, 6.07) is 11.3. The van der Waals surface area contributed by atoms with Gasteiger partial charge in [0.1, 0.15) is 5.82 Å². The minimum atomic E-state index is -0.455. The van der Waals surface area contributed by atoms with Crippen LogP contribution in [0.2, 0.25) is 0 Å². The molecule has 1 N–H and O–H groups in total. The van der Waals surface area contributed by atoms with E-state index in [1.165, 1.54) is 18.2 Å². The zero-order valence-electron chi connectivity index (χ0n) is 11.3. The number of halogens is 2. The fourth-order valence-electron chi connectivity index (χ4n) is 2.00. The van der Waals surface area contributed by atoms with Gasteiger partial charge in [0.2, 0.25) is 0 Å². The van der Waals surface area contributed by atoms with Crippen molar-refractivity contribution in [3.63, 3.8) is 0 Å². The Labute approximate surface area is 134 Å². The number of nitrogens with one attached hydrogen (secondary N) is 1. The van der Waals surface area contributed by atoms with E-state index in [1.807, 2.05) is 22.9 Å². The van der Waals surface area contributed by atoms with Crippen LogP contribution in [0.5, 0.6) is 0 Å². The zero-order chi connectivity index (χ0) is 15.5. The fourth-order valence-corrected chi connectivity index (χ4v) is 2.43. The van der Waals surface area contributed by atoms with Crippen molar-refractivity contribution in [2.45, 2.75) is 0 Å². The van der Waals surface area contributed by atoms with Gasteiger partial charge in [-0.2, -0.15) is 0 Å². The molecule has 0 saturated heterocycles. The molecule has 110 valence electrons. The molecule has 0 radical (unpaired) electrons. The molecule has 4 nitrogen and oxygen atoms in total. The minimum Gasteiger partial charge on any atom is -0.322 e. The van der Waals surface area contributed by atoms with E-state index in [1.54, 1.807) is 24.7 Å². The van der Waals surface area contributed by atoms with Gasteiger partial charge in [0.05, 0.1) is 11.9 Å². The SMILES string of the molecule is O=C(Nc1ccc(-n2ccnc2)cc1)c1cc(F)ccc1Br. The van der Waals surface area contributed by atoms with Gasteiger partial charge in [0.15, 0.2) is 0 Å². The van der Waals surface area contributed by atoms with Gasteiger partial charge >= 0.3 is 0 Å². The van der Waals surface area contributed by atoms with Gasteiger partial charge in [0.25, 0.3) is 5.91 Å². The van der Waals surface area contributed by atoms with Gasteiger partial charge in [-0.05, 0) is 58.4 Å². The van der Waals surface area contributed by atoms with Crippen molar-refractivity contribution in [2.24, 2.45) is 0 Å². The van der Waals surface area contributed by atoms with Gasteiger partial charge in [-0.1, -0.05) is 0 Å². The number of nitrogens with zero attached hydrogens (tertiary/aromatic N) is 2. The molecule has 1 amide bonds. The maximum absolute atomic E-state index is 13.2. The summed E-state index contributed by atoms with van der Waals surface area (Å²) in [5.74, 6) is -0.828. The Morgan fingerprint density at radius 3 is 2.64 bits per heavy atom. The van der Waals surface area contributed by atoms with Crippen molar-refractivity contribution in [1.29, 1.82) is 0 Å². The van der Waals surface area contributed by atoms with Crippen LogP contribution < -0.4 is 5.32 Å². The molecule has 1 aromatic heterocycles. The predicted octanol–water partition coefficient (Wildman–Crippen LogP) is 4.03. The summed E-state index contributed by atoms with van der Waals surface area (Å²) in [6.07, 6.45) is 5.21. The summed E-state index contributed by atoms with van der Waals surface area (Å²) in [7, 11) is 0. The number of imidazole rings is 1. The van der Waals surface area contributed by atoms with Crippen LogP contribution in [-0.2, 0) is 0 Å². The van der Waals surface area contributed by atoms with Crippen LogP contribution in [0, 0.1) is 5.82 Å². The molecule has 22 heavy (non-hydrogen) atoms. The molecule has 0 unspecified atom stereocenters. The molecule has 0 aliphatic carbocycles. The Morgan fingerprint density at radius 1 is 1.18 bits per heavy atom. The number of amides is 1. The van der Waals surface area contributed by atoms with Crippen LogP contribution in [0.15, 0.2) is 65.7 Å². The van der Waals surface area contributed by atoms with E-state index < -0.39 is 5.82 Å². The van der Waals surface area contributed by atoms with Crippen molar-refractivity contribution in [3.05, 3.63) is 77.0 Å². The molecule has 1 heterocycles. The second kappa shape index (κ2) is 6.11. The van der Waals surface area contributed by atoms with E-state index in [-0.39, 0.29) is 11.5 Å². The second-order valence-corrected chi connectivity index (χ2v) is 5.45. The van der Waals surface area contributed by atoms with Crippen molar-refractivity contribution in [3.8, 4) is 5.69 Å². The highest BCUT2D eigenvalue weighted by Gasteiger charge is 2.11. The van der Waals surface area contributed by atoms with Gasteiger partial charge in [-0.15, -0.1) is 0 Å². The van der Waals surface area contributed by atoms with E-state index in [0.717, 1.165) is 5.69 Å². The lowest BCUT2D eigenvalue weighted by molar-refractivity contribution is 0.102. The Balaban J connectivity index is 1.78. The molecule has 0 saturated carbocycles. The minimum absolute atomic E-state index is 0.249. The summed E-state index contributed by atoms with van der Waals surface area (Å²) in [6.45, 7) is 0. The fraction of sp³-hybridized carbons (Fsp3) is 0. The third-order valence-corrected chi connectivity index (χ3v) is 3.79. The van der Waals surface area contributed by atoms with E-state index in [9.17, 15) is 9.18 Å². The second-order valence-electron chi connectivity index (χ2n) is 4.60. The lowest BCUT2D eigenvalue weighted by atomic mass is 10.2. The summed E-state index contributed by atoms with van der Waals surface area (Å²) in [4.78, 5) is 16.2. The van der Waals surface area contributed by atoms with Crippen molar-refractivity contribution < 1.29 is 9.18 Å². The Morgan fingerprint density at radius 2 is 1.95 bits per heavy atom. The molecule has 6 heteroatoms. The van der Waals surface area contributed by atoms with Crippen molar-refractivity contribution >= 4 is 27.5 Å². The standard InChI is InChI=1S/C16H11BrFN3O/c17-15-6-1-11(18)9-14(15)16(22)20-12-2-4-13(5-3-12)21-8-7-19-10-21/h1-10H,(H,20,22). The van der Waals surface area contributed by atoms with E-state index in [2.05, 4.69) is 26.2 Å². The predicted molar refractivity (Wildman–Crippen MR) is 85.6 cm³/mol. The monoisotopic (exact) mass is 359 g/mol. The Bertz CT molecular complexity index is 801. The molecular formula is C16H11BrFN3O. The number of anilines is 1. The third-order valence-electron chi connectivity index (χ3n) is 3.10. The van der Waals surface area contributed by atoms with E-state index >= 15 is 0 Å². The van der Waals surface area contributed by atoms with Crippen molar-refractivity contribution in [2.75, 3.05) is 5.32 Å². The van der Waals surface area contributed by atoms with Crippen LogP contribution in [-0.4, -0.2) is 15.5 Å². The molecule has 2 aromatic carbocycles. The average molecular weight is 360 g/mol. The zero-order valence-corrected chi connectivity index (χ0v) is 12.9. The quantitative estimate of drug-likeness (QED) is 0.767. The highest BCUT2D eigenvalue weighted by atomic mass is 79.9. The van der Waals surface area contributed by atoms with E-state index in [4.69, 9.17) is 0 Å². The first-order valence-corrected chi connectivity index (χ1v) is 7.27. The maximum atomic E-state index is 13.2. The Kier molecular flexibility index (Phi) is 4.02. The first kappa shape index (κ1) is 14.5. The summed E-state index contributed by atoms with van der Waals surface area (Å²) < 4.78 is 15.6. The number of carbonyl (C=O) groups is 1. The normalized spacial score (nSPS) is 10.5. The third kappa shape index (κ3) is 3.07. The molecule has 0 spiro atoms. The van der Waals surface area contributed by atoms with Gasteiger partial charge in [-0.25, -0.2) is 9.37 Å². The topological polar surface area (TPSA) is 46.9 Å². The largest absolute Gasteiger partial charge is 0.322 e. The van der Waals surface area contributed by atoms with E-state index in [0.29, 0.717) is 10.2 Å². The highest BCUT2D eigenvalue weighted by molar-refractivity contribution is 9.10. The smallest absolute Gasteiger partial charge is 0.256 e. The maximum Gasteiger partial charge on any atom is 0.256 e. The molecule has 0 bridgehead atoms. The van der Waals surface area contributed by atoms with Crippen LogP contribution in [0.25, 0.3) is 5.69 Å². The van der Waals surface area contributed by atoms with Crippen LogP contribution in [0.4, 0.5) is 10.1 Å². The van der Waals surface area contributed by atoms with Crippen molar-refractivity contribution in [1.82, 2.24) is 9.55 Å². The number of hydrogen-bond donors (Lipinski definition) is 1. The first-order valence-electron chi connectivity index (χ1n) is 6.48. The summed E-state index contributed by atoms with van der Waals surface area (Å²) >= 11 is 3.24. The number of hydrogen-bond acceptors (Lipinski definition) is 2. The van der Waals surface area contributed by atoms with Crippen LogP contribution >= 0.6 is 15.9 Å². The molecule has 0 aliphatic heterocycles. The van der Waals surface area contributed by atoms with Gasteiger partial charge < -0.3 is 9.88 Å². The molecule has 0 fully saturated rings.